The molecule has 0 aliphatic carbocycles. The molecule has 158 valence electrons. The number of nitrogens with one attached hydrogen (secondary N) is 2. The summed E-state index contributed by atoms with van der Waals surface area (Å²) in [5, 5.41) is 2.06. The number of carbonyl (C=O) groups is 1. The van der Waals surface area contributed by atoms with Crippen molar-refractivity contribution >= 4 is 33.2 Å². The number of carbonyl (C=O) groups excluding carboxylic acids is 1. The van der Waals surface area contributed by atoms with Crippen LogP contribution in [0.4, 0.5) is 18.9 Å². The molecule has 6 nitrogen and oxygen atoms in total. The van der Waals surface area contributed by atoms with Gasteiger partial charge in [-0.15, -0.1) is 0 Å². The number of hydrogen-bond donors (Lipinski definition) is 2. The molecule has 0 heterocycles. The van der Waals surface area contributed by atoms with E-state index in [1.54, 1.807) is 13.8 Å². The standard InChI is InChI=1S/C18H18ClF3N2O4S/c1-10(2)23-17(25)13-9-12(5-7-16(13)28-3)29(26,27)24-11-4-6-15(19)14(8-11)18(20,21)22/h4-10,24H,1-3H3,(H,23,25). The van der Waals surface area contributed by atoms with E-state index in [1.165, 1.54) is 19.2 Å². The number of methoxy groups -OCH3 is 1. The smallest absolute Gasteiger partial charge is 0.417 e. The van der Waals surface area contributed by atoms with Crippen LogP contribution >= 0.6 is 11.6 Å². The maximum atomic E-state index is 13.0. The fourth-order valence-corrected chi connectivity index (χ4v) is 3.69. The third kappa shape index (κ3) is 5.54. The molecule has 0 aliphatic rings. The summed E-state index contributed by atoms with van der Waals surface area (Å²) >= 11 is 5.54. The van der Waals surface area contributed by atoms with E-state index < -0.39 is 32.7 Å². The minimum atomic E-state index is -4.75. The maximum absolute atomic E-state index is 13.0. The Labute approximate surface area is 171 Å². The lowest BCUT2D eigenvalue weighted by molar-refractivity contribution is -0.137. The van der Waals surface area contributed by atoms with Crippen LogP contribution in [0.25, 0.3) is 0 Å². The zero-order valence-corrected chi connectivity index (χ0v) is 17.2. The summed E-state index contributed by atoms with van der Waals surface area (Å²) in [7, 11) is -2.97. The zero-order chi connectivity index (χ0) is 22.0. The molecule has 11 heteroatoms. The molecular weight excluding hydrogens is 433 g/mol. The number of sulfonamides is 1. The second-order valence-electron chi connectivity index (χ2n) is 6.29. The Morgan fingerprint density at radius 3 is 2.34 bits per heavy atom. The summed E-state index contributed by atoms with van der Waals surface area (Å²) < 4.78 is 71.4. The Kier molecular flexibility index (Phi) is 6.69. The first kappa shape index (κ1) is 22.8. The van der Waals surface area contributed by atoms with Crippen LogP contribution in [-0.4, -0.2) is 27.5 Å². The number of alkyl halides is 3. The lowest BCUT2D eigenvalue weighted by atomic mass is 10.2. The molecule has 0 radical (unpaired) electrons. The van der Waals surface area contributed by atoms with Gasteiger partial charge in [0.25, 0.3) is 15.9 Å². The van der Waals surface area contributed by atoms with E-state index in [0.717, 1.165) is 18.2 Å². The molecule has 0 saturated carbocycles. The maximum Gasteiger partial charge on any atom is 0.417 e. The second-order valence-corrected chi connectivity index (χ2v) is 8.38. The van der Waals surface area contributed by atoms with Gasteiger partial charge < -0.3 is 10.1 Å². The minimum Gasteiger partial charge on any atom is -0.496 e. The highest BCUT2D eigenvalue weighted by Crippen LogP contribution is 2.36. The van der Waals surface area contributed by atoms with Gasteiger partial charge in [-0.3, -0.25) is 9.52 Å². The van der Waals surface area contributed by atoms with E-state index in [9.17, 15) is 26.4 Å². The average molecular weight is 451 g/mol. The third-order valence-corrected chi connectivity index (χ3v) is 5.38. The SMILES string of the molecule is COc1ccc(S(=O)(=O)Nc2ccc(Cl)c(C(F)(F)F)c2)cc1C(=O)NC(C)C. The molecule has 0 bridgehead atoms. The van der Waals surface area contributed by atoms with Gasteiger partial charge in [0.1, 0.15) is 5.75 Å². The molecule has 0 atom stereocenters. The average Bonchev–Trinajstić information content (AvgIpc) is 2.61. The first-order chi connectivity index (χ1) is 13.3. The van der Waals surface area contributed by atoms with E-state index in [2.05, 4.69) is 10.0 Å². The highest BCUT2D eigenvalue weighted by molar-refractivity contribution is 7.92. The number of halogens is 4. The minimum absolute atomic E-state index is 0.0313. The second kappa shape index (κ2) is 8.50. The van der Waals surface area contributed by atoms with Crippen LogP contribution in [0.5, 0.6) is 5.75 Å². The van der Waals surface area contributed by atoms with Gasteiger partial charge in [0, 0.05) is 11.7 Å². The third-order valence-electron chi connectivity index (χ3n) is 3.67. The van der Waals surface area contributed by atoms with Gasteiger partial charge in [-0.2, -0.15) is 13.2 Å². The van der Waals surface area contributed by atoms with Gasteiger partial charge in [0.05, 0.1) is 28.2 Å². The Bertz CT molecular complexity index is 1020. The van der Waals surface area contributed by atoms with Crippen molar-refractivity contribution in [2.24, 2.45) is 0 Å². The van der Waals surface area contributed by atoms with Gasteiger partial charge in [-0.25, -0.2) is 8.42 Å². The Balaban J connectivity index is 2.43. The lowest BCUT2D eigenvalue weighted by Gasteiger charge is -2.15. The monoisotopic (exact) mass is 450 g/mol. The molecule has 0 saturated heterocycles. The number of hydrogen-bond acceptors (Lipinski definition) is 4. The summed E-state index contributed by atoms with van der Waals surface area (Å²) in [6.07, 6.45) is -4.75. The molecule has 29 heavy (non-hydrogen) atoms. The number of ether oxygens (including phenoxy) is 1. The molecule has 1 amide bonds. The first-order valence-electron chi connectivity index (χ1n) is 8.23. The van der Waals surface area contributed by atoms with Gasteiger partial charge in [-0.1, -0.05) is 11.6 Å². The molecule has 0 aliphatic heterocycles. The molecule has 0 fully saturated rings. The van der Waals surface area contributed by atoms with Crippen LogP contribution in [-0.2, 0) is 16.2 Å². The highest BCUT2D eigenvalue weighted by Gasteiger charge is 2.33. The van der Waals surface area contributed by atoms with Gasteiger partial charge in [0.15, 0.2) is 0 Å². The predicted molar refractivity (Wildman–Crippen MR) is 103 cm³/mol. The molecule has 0 spiro atoms. The van der Waals surface area contributed by atoms with Crippen LogP contribution < -0.4 is 14.8 Å². The summed E-state index contributed by atoms with van der Waals surface area (Å²) in [5.41, 5.74) is -1.53. The Morgan fingerprint density at radius 1 is 1.14 bits per heavy atom. The van der Waals surface area contributed by atoms with Crippen molar-refractivity contribution in [3.05, 3.63) is 52.5 Å². The molecule has 0 unspecified atom stereocenters. The Morgan fingerprint density at radius 2 is 1.79 bits per heavy atom. The number of rotatable bonds is 6. The normalized spacial score (nSPS) is 12.0. The van der Waals surface area contributed by atoms with Crippen molar-refractivity contribution in [3.63, 3.8) is 0 Å². The molecule has 2 aromatic carbocycles. The molecule has 0 aromatic heterocycles. The molecular formula is C18H18ClF3N2O4S. The van der Waals surface area contributed by atoms with Gasteiger partial charge in [0.2, 0.25) is 0 Å². The Hall–Kier alpha value is -2.46. The van der Waals surface area contributed by atoms with Crippen LogP contribution in [0.1, 0.15) is 29.8 Å². The van der Waals surface area contributed by atoms with Crippen LogP contribution in [0.2, 0.25) is 5.02 Å². The van der Waals surface area contributed by atoms with E-state index in [0.29, 0.717) is 6.07 Å². The molecule has 2 N–H and O–H groups in total. The quantitative estimate of drug-likeness (QED) is 0.687. The van der Waals surface area contributed by atoms with Crippen LogP contribution in [0, 0.1) is 0 Å². The predicted octanol–water partition coefficient (Wildman–Crippen LogP) is 4.31. The number of benzene rings is 2. The van der Waals surface area contributed by atoms with Crippen molar-refractivity contribution in [2.45, 2.75) is 31.0 Å². The largest absolute Gasteiger partial charge is 0.496 e. The first-order valence-corrected chi connectivity index (χ1v) is 10.1. The van der Waals surface area contributed by atoms with Gasteiger partial charge >= 0.3 is 6.18 Å². The van der Waals surface area contributed by atoms with Crippen molar-refractivity contribution in [3.8, 4) is 5.75 Å². The van der Waals surface area contributed by atoms with Crippen molar-refractivity contribution < 1.29 is 31.1 Å². The van der Waals surface area contributed by atoms with Gasteiger partial charge in [-0.05, 0) is 50.2 Å². The number of amides is 1. The fraction of sp³-hybridized carbons (Fsp3) is 0.278. The van der Waals surface area contributed by atoms with E-state index >= 15 is 0 Å². The molecule has 2 aromatic rings. The van der Waals surface area contributed by atoms with Crippen molar-refractivity contribution in [2.75, 3.05) is 11.8 Å². The lowest BCUT2D eigenvalue weighted by Crippen LogP contribution is -2.30. The topological polar surface area (TPSA) is 84.5 Å². The fourth-order valence-electron chi connectivity index (χ4n) is 2.39. The summed E-state index contributed by atoms with van der Waals surface area (Å²) in [6.45, 7) is 3.45. The van der Waals surface area contributed by atoms with Crippen molar-refractivity contribution in [1.82, 2.24) is 5.32 Å². The van der Waals surface area contributed by atoms with E-state index in [4.69, 9.17) is 16.3 Å². The summed E-state index contributed by atoms with van der Waals surface area (Å²) in [6, 6.07) is 5.97. The van der Waals surface area contributed by atoms with E-state index in [-0.39, 0.29) is 27.9 Å². The van der Waals surface area contributed by atoms with Crippen molar-refractivity contribution in [1.29, 1.82) is 0 Å². The van der Waals surface area contributed by atoms with Crippen LogP contribution in [0.3, 0.4) is 0 Å². The van der Waals surface area contributed by atoms with Crippen LogP contribution in [0.15, 0.2) is 41.3 Å². The zero-order valence-electron chi connectivity index (χ0n) is 15.6. The summed E-state index contributed by atoms with van der Waals surface area (Å²) in [5.74, 6) is -0.410. The molecule has 2 rings (SSSR count). The van der Waals surface area contributed by atoms with E-state index in [1.807, 2.05) is 0 Å². The summed E-state index contributed by atoms with van der Waals surface area (Å²) in [4.78, 5) is 12.0. The number of anilines is 1. The highest BCUT2D eigenvalue weighted by atomic mass is 35.5.